The maximum atomic E-state index is 14.6. The SMILES string of the molecule is COC1CO[C@H](CNc2ccc(S(=O)(=O)NC(=O)c3ccc(N4CCN5CC6=C(c7ccc(Cl)cc7)CC(C)(C)C[C@H]6OCCCOC[C@@H]5C4)cc3N3CCCOc4nc5[nH]ccc5cc43)cc2[N+](=O)[O-])C1. The Morgan fingerprint density at radius 1 is 0.986 bits per heavy atom. The first-order valence-corrected chi connectivity index (χ1v) is 26.5. The summed E-state index contributed by atoms with van der Waals surface area (Å²) in [5.41, 5.74) is 6.07. The number of carbonyl (C=O) groups excluding carboxylic acids is 1. The number of hydrogen-bond donors (Lipinski definition) is 3. The third-order valence-corrected chi connectivity index (χ3v) is 16.0. The van der Waals surface area contributed by atoms with Crippen molar-refractivity contribution < 1.29 is 41.8 Å². The predicted octanol–water partition coefficient (Wildman–Crippen LogP) is 7.95. The van der Waals surface area contributed by atoms with Crippen molar-refractivity contribution in [2.45, 2.75) is 75.2 Å². The number of pyridine rings is 1. The number of allylic oxidation sites excluding steroid dienone is 1. The summed E-state index contributed by atoms with van der Waals surface area (Å²) in [6, 6.07) is 20.9. The van der Waals surface area contributed by atoms with Crippen LogP contribution in [0.15, 0.2) is 89.5 Å². The van der Waals surface area contributed by atoms with Gasteiger partial charge in [-0.25, -0.2) is 13.1 Å². The van der Waals surface area contributed by atoms with Crippen LogP contribution < -0.4 is 24.6 Å². The van der Waals surface area contributed by atoms with Gasteiger partial charge in [0.2, 0.25) is 5.88 Å². The standard InChI is InChI=1S/C52H61ClN8O10S/c1-52(2)26-42(33-6-8-35(53)9-7-33)43-30-59-18-17-58(29-37(59)31-68-19-5-21-69-48(43)27-52)36-10-12-41(45(23-36)60-16-4-20-70-51-47(60)22-34-14-15-54-49(34)56-51)50(62)57-72(65,66)40-11-13-44(46(25-40)61(63)64)55-28-38-24-39(67-3)32-71-38/h6-15,22-23,25,37-39,48,55H,4-5,16-21,24,26-32H2,1-3H3,(H,54,56)(H,57,62)/t37-,38-,39?,48+/m0/s1. The van der Waals surface area contributed by atoms with E-state index in [0.717, 1.165) is 55.1 Å². The van der Waals surface area contributed by atoms with E-state index in [1.807, 2.05) is 41.3 Å². The summed E-state index contributed by atoms with van der Waals surface area (Å²) < 4.78 is 60.8. The number of sulfonamides is 1. The minimum absolute atomic E-state index is 0.00561. The predicted molar refractivity (Wildman–Crippen MR) is 275 cm³/mol. The van der Waals surface area contributed by atoms with Gasteiger partial charge in [0.05, 0.1) is 65.2 Å². The summed E-state index contributed by atoms with van der Waals surface area (Å²) in [4.78, 5) is 40.5. The first-order valence-electron chi connectivity index (χ1n) is 24.6. The highest BCUT2D eigenvalue weighted by atomic mass is 35.5. The van der Waals surface area contributed by atoms with E-state index in [2.05, 4.69) is 50.8 Å². The van der Waals surface area contributed by atoms with E-state index in [4.69, 9.17) is 40.3 Å². The summed E-state index contributed by atoms with van der Waals surface area (Å²) in [6.45, 7) is 10.5. The number of benzene rings is 3. The van der Waals surface area contributed by atoms with Crippen LogP contribution in [-0.2, 0) is 29.0 Å². The number of methoxy groups -OCH3 is 1. The highest BCUT2D eigenvalue weighted by molar-refractivity contribution is 7.90. The zero-order valence-electron chi connectivity index (χ0n) is 40.7. The number of nitrogens with one attached hydrogen (secondary N) is 3. The van der Waals surface area contributed by atoms with Gasteiger partial charge in [0.25, 0.3) is 21.6 Å². The Kier molecular flexibility index (Phi) is 14.5. The highest BCUT2D eigenvalue weighted by Crippen LogP contribution is 2.46. The monoisotopic (exact) mass is 1020 g/mol. The summed E-state index contributed by atoms with van der Waals surface area (Å²) in [5.74, 6) is -0.539. The fraction of sp³-hybridized carbons (Fsp3) is 0.462. The van der Waals surface area contributed by atoms with Crippen molar-refractivity contribution in [1.29, 1.82) is 0 Å². The molecule has 6 heterocycles. The Bertz CT molecular complexity index is 2970. The lowest BCUT2D eigenvalue weighted by Gasteiger charge is -2.45. The van der Waals surface area contributed by atoms with Gasteiger partial charge in [0, 0.05) is 94.4 Å². The number of nitro benzene ring substituents is 1. The summed E-state index contributed by atoms with van der Waals surface area (Å²) in [7, 11) is -3.04. The molecule has 1 aliphatic carbocycles. The second kappa shape index (κ2) is 21.0. The zero-order valence-corrected chi connectivity index (χ0v) is 42.3. The normalized spacial score (nSPS) is 23.0. The summed E-state index contributed by atoms with van der Waals surface area (Å²) in [6.07, 6.45) is 5.22. The average Bonchev–Trinajstić information content (AvgIpc) is 3.98. The molecule has 3 N–H and O–H groups in total. The minimum atomic E-state index is -4.64. The molecule has 0 radical (unpaired) electrons. The summed E-state index contributed by atoms with van der Waals surface area (Å²) in [5, 5.41) is 16.9. The van der Waals surface area contributed by atoms with Crippen molar-refractivity contribution >= 4 is 72.6 Å². The first kappa shape index (κ1) is 49.8. The molecule has 20 heteroatoms. The number of aromatic nitrogens is 2. The molecule has 1 unspecified atom stereocenters. The molecule has 4 atom stereocenters. The van der Waals surface area contributed by atoms with Crippen LogP contribution in [0.1, 0.15) is 61.9 Å². The molecule has 3 saturated heterocycles. The molecule has 3 fully saturated rings. The van der Waals surface area contributed by atoms with Gasteiger partial charge in [-0.1, -0.05) is 37.6 Å². The number of H-pyrrole nitrogens is 1. The number of aromatic amines is 1. The molecule has 72 heavy (non-hydrogen) atoms. The number of rotatable bonds is 11. The van der Waals surface area contributed by atoms with Gasteiger partial charge in [-0.3, -0.25) is 19.8 Å². The molecule has 3 aromatic carbocycles. The number of fused-ring (bicyclic) bond motifs is 4. The molecule has 0 saturated carbocycles. The first-order chi connectivity index (χ1) is 34.7. The van der Waals surface area contributed by atoms with Crippen molar-refractivity contribution in [3.8, 4) is 5.88 Å². The van der Waals surface area contributed by atoms with Crippen LogP contribution in [0.5, 0.6) is 5.88 Å². The Morgan fingerprint density at radius 3 is 2.64 bits per heavy atom. The third kappa shape index (κ3) is 10.8. The lowest BCUT2D eigenvalue weighted by molar-refractivity contribution is -0.384. The Hall–Kier alpha value is -5.80. The number of nitrogens with zero attached hydrogens (tertiary/aromatic N) is 5. The number of ether oxygens (including phenoxy) is 5. The highest BCUT2D eigenvalue weighted by Gasteiger charge is 2.39. The molecule has 0 bridgehead atoms. The molecular formula is C52H61ClN8O10S. The molecule has 382 valence electrons. The third-order valence-electron chi connectivity index (χ3n) is 14.4. The Morgan fingerprint density at radius 2 is 1.83 bits per heavy atom. The number of carbonyl (C=O) groups is 1. The van der Waals surface area contributed by atoms with Crippen molar-refractivity contribution in [1.82, 2.24) is 19.6 Å². The average molecular weight is 1030 g/mol. The molecule has 18 nitrogen and oxygen atoms in total. The van der Waals surface area contributed by atoms with Gasteiger partial charge >= 0.3 is 0 Å². The Balaban J connectivity index is 0.962. The molecule has 0 spiro atoms. The fourth-order valence-electron chi connectivity index (χ4n) is 10.7. The van der Waals surface area contributed by atoms with E-state index in [9.17, 15) is 23.3 Å². The van der Waals surface area contributed by atoms with Crippen molar-refractivity contribution in [2.24, 2.45) is 5.41 Å². The van der Waals surface area contributed by atoms with E-state index in [0.29, 0.717) is 93.4 Å². The fourth-order valence-corrected chi connectivity index (χ4v) is 11.8. The lowest BCUT2D eigenvalue weighted by Crippen LogP contribution is -2.56. The number of anilines is 4. The van der Waals surface area contributed by atoms with Crippen molar-refractivity contribution in [2.75, 3.05) is 94.5 Å². The van der Waals surface area contributed by atoms with Crippen LogP contribution in [0.25, 0.3) is 16.6 Å². The molecule has 4 aliphatic heterocycles. The Labute approximate surface area is 424 Å². The largest absolute Gasteiger partial charge is 0.476 e. The van der Waals surface area contributed by atoms with E-state index < -0.39 is 31.4 Å². The van der Waals surface area contributed by atoms with Crippen LogP contribution >= 0.6 is 11.6 Å². The van der Waals surface area contributed by atoms with Gasteiger partial charge in [-0.05, 0) is 102 Å². The van der Waals surface area contributed by atoms with Crippen LogP contribution in [0.3, 0.4) is 0 Å². The quantitative estimate of drug-likeness (QED) is 0.0849. The van der Waals surface area contributed by atoms with Gasteiger partial charge in [0.15, 0.2) is 0 Å². The molecule has 10 rings (SSSR count). The zero-order chi connectivity index (χ0) is 50.1. The van der Waals surface area contributed by atoms with Crippen molar-refractivity contribution in [3.05, 3.63) is 111 Å². The topological polar surface area (TPSA) is 203 Å². The minimum Gasteiger partial charge on any atom is -0.476 e. The van der Waals surface area contributed by atoms with E-state index >= 15 is 0 Å². The van der Waals surface area contributed by atoms with Crippen LogP contribution in [-0.4, -0.2) is 138 Å². The molecule has 5 aromatic rings. The maximum Gasteiger partial charge on any atom is 0.293 e. The van der Waals surface area contributed by atoms with E-state index in [1.54, 1.807) is 19.4 Å². The van der Waals surface area contributed by atoms with Gasteiger partial charge in [-0.2, -0.15) is 4.98 Å². The summed E-state index contributed by atoms with van der Waals surface area (Å²) >= 11 is 6.37. The van der Waals surface area contributed by atoms with Gasteiger partial charge < -0.3 is 43.8 Å². The van der Waals surface area contributed by atoms with Crippen LogP contribution in [0.4, 0.5) is 28.4 Å². The molecule has 1 amide bonds. The smallest absolute Gasteiger partial charge is 0.293 e. The number of hydrogen-bond acceptors (Lipinski definition) is 15. The second-order valence-corrected chi connectivity index (χ2v) is 22.1. The number of piperazine rings is 1. The van der Waals surface area contributed by atoms with Crippen LogP contribution in [0, 0.1) is 15.5 Å². The molecular weight excluding hydrogens is 964 g/mol. The van der Waals surface area contributed by atoms with E-state index in [-0.39, 0.29) is 47.6 Å². The number of amides is 1. The molecule has 5 aliphatic rings. The number of halogens is 1. The van der Waals surface area contributed by atoms with Gasteiger partial charge in [-0.15, -0.1) is 0 Å². The van der Waals surface area contributed by atoms with Crippen molar-refractivity contribution in [3.63, 3.8) is 0 Å². The second-order valence-electron chi connectivity index (χ2n) is 20.0. The number of nitro groups is 1. The lowest BCUT2D eigenvalue weighted by atomic mass is 9.71. The maximum absolute atomic E-state index is 14.6. The van der Waals surface area contributed by atoms with Crippen LogP contribution in [0.2, 0.25) is 5.02 Å². The van der Waals surface area contributed by atoms with Gasteiger partial charge in [0.1, 0.15) is 17.0 Å². The van der Waals surface area contributed by atoms with E-state index in [1.165, 1.54) is 23.3 Å². The molecule has 2 aromatic heterocycles.